The number of hydrogen-bond donors (Lipinski definition) is 0. The van der Waals surface area contributed by atoms with Crippen LogP contribution < -0.4 is 0 Å². The van der Waals surface area contributed by atoms with Crippen LogP contribution in [0.15, 0.2) is 97.1 Å². The Bertz CT molecular complexity index is 1420. The second kappa shape index (κ2) is 11.9. The average Bonchev–Trinajstić information content (AvgIpc) is 2.93. The van der Waals surface area contributed by atoms with E-state index < -0.39 is 53.0 Å². The monoisotopic (exact) mass is 524 g/mol. The Hall–Kier alpha value is -4.58. The van der Waals surface area contributed by atoms with Crippen LogP contribution in [-0.2, 0) is 0 Å². The smallest absolute Gasteiger partial charge is 0.173 e. The van der Waals surface area contributed by atoms with Gasteiger partial charge in [0.25, 0.3) is 0 Å². The van der Waals surface area contributed by atoms with E-state index in [2.05, 4.69) is 0 Å². The van der Waals surface area contributed by atoms with Crippen molar-refractivity contribution in [1.29, 1.82) is 0 Å². The molecule has 0 saturated carbocycles. The number of rotatable bonds is 10. The molecule has 0 aromatic heterocycles. The summed E-state index contributed by atoms with van der Waals surface area (Å²) in [5.41, 5.74) is 2.12. The number of hydrogen-bond acceptors (Lipinski definition) is 4. The number of benzene rings is 4. The molecule has 196 valence electrons. The van der Waals surface area contributed by atoms with Gasteiger partial charge in [0.05, 0.1) is 11.8 Å². The molecule has 0 saturated heterocycles. The average molecular weight is 525 g/mol. The fraction of sp³-hybridized carbons (Fsp3) is 0.152. The van der Waals surface area contributed by atoms with Crippen molar-refractivity contribution >= 4 is 23.1 Å². The molecule has 0 spiro atoms. The molecule has 0 aliphatic carbocycles. The number of carbonyl (C=O) groups is 4. The van der Waals surface area contributed by atoms with Gasteiger partial charge in [-0.15, -0.1) is 0 Å². The lowest BCUT2D eigenvalue weighted by atomic mass is 9.78. The zero-order valence-corrected chi connectivity index (χ0v) is 21.5. The standard InChI is InChI=1S/C33H26F2O4/c1-20-9-13-22(14-10-20)30(36)28(32(38)24-5-3-7-26(34)17-24)19-29(31(37)23-15-11-21(2)12-16-23)33(39)25-6-4-8-27(35)18-25/h3-18,28-29H,19H2,1-2H3. The predicted octanol–water partition coefficient (Wildman–Crippen LogP) is 7.04. The zero-order chi connectivity index (χ0) is 28.1. The Balaban J connectivity index is 1.81. The lowest BCUT2D eigenvalue weighted by molar-refractivity contribution is 0.0728. The molecule has 0 N–H and O–H groups in total. The minimum absolute atomic E-state index is 0.0554. The van der Waals surface area contributed by atoms with Crippen LogP contribution in [0.25, 0.3) is 0 Å². The highest BCUT2D eigenvalue weighted by Gasteiger charge is 2.38. The highest BCUT2D eigenvalue weighted by Crippen LogP contribution is 2.28. The molecule has 0 radical (unpaired) electrons. The van der Waals surface area contributed by atoms with Crippen LogP contribution in [0.4, 0.5) is 8.78 Å². The molecule has 0 aliphatic heterocycles. The van der Waals surface area contributed by atoms with Crippen molar-refractivity contribution in [1.82, 2.24) is 0 Å². The van der Waals surface area contributed by atoms with Gasteiger partial charge in [0, 0.05) is 22.3 Å². The molecule has 39 heavy (non-hydrogen) atoms. The van der Waals surface area contributed by atoms with E-state index in [0.29, 0.717) is 0 Å². The summed E-state index contributed by atoms with van der Waals surface area (Å²) in [6.07, 6.45) is -0.468. The summed E-state index contributed by atoms with van der Waals surface area (Å²) in [6, 6.07) is 22.9. The molecule has 0 amide bonds. The van der Waals surface area contributed by atoms with Crippen LogP contribution in [0, 0.1) is 37.3 Å². The third-order valence-corrected chi connectivity index (χ3v) is 6.63. The minimum atomic E-state index is -1.47. The van der Waals surface area contributed by atoms with Gasteiger partial charge in [-0.25, -0.2) is 8.78 Å². The van der Waals surface area contributed by atoms with Crippen molar-refractivity contribution in [3.05, 3.63) is 142 Å². The van der Waals surface area contributed by atoms with Gasteiger partial charge < -0.3 is 0 Å². The van der Waals surface area contributed by atoms with E-state index in [1.54, 1.807) is 48.5 Å². The molecule has 0 fully saturated rings. The first-order chi connectivity index (χ1) is 18.6. The van der Waals surface area contributed by atoms with Gasteiger partial charge in [-0.3, -0.25) is 19.2 Å². The summed E-state index contributed by atoms with van der Waals surface area (Å²) in [4.78, 5) is 54.7. The van der Waals surface area contributed by atoms with E-state index in [4.69, 9.17) is 0 Å². The molecule has 4 rings (SSSR count). The van der Waals surface area contributed by atoms with Crippen molar-refractivity contribution in [3.63, 3.8) is 0 Å². The van der Waals surface area contributed by atoms with Gasteiger partial charge in [0.1, 0.15) is 11.6 Å². The molecule has 0 aliphatic rings. The first-order valence-corrected chi connectivity index (χ1v) is 12.5. The number of carbonyl (C=O) groups excluding carboxylic acids is 4. The Morgan fingerprint density at radius 1 is 0.513 bits per heavy atom. The van der Waals surface area contributed by atoms with E-state index in [0.717, 1.165) is 23.3 Å². The third kappa shape index (κ3) is 6.47. The molecule has 2 unspecified atom stereocenters. The van der Waals surface area contributed by atoms with Crippen LogP contribution in [0.5, 0.6) is 0 Å². The second-order valence-corrected chi connectivity index (χ2v) is 9.55. The summed E-state index contributed by atoms with van der Waals surface area (Å²) in [7, 11) is 0. The molecule has 4 aromatic rings. The first-order valence-electron chi connectivity index (χ1n) is 12.5. The fourth-order valence-electron chi connectivity index (χ4n) is 4.43. The number of aryl methyl sites for hydroxylation is 2. The van der Waals surface area contributed by atoms with Crippen molar-refractivity contribution in [2.45, 2.75) is 20.3 Å². The van der Waals surface area contributed by atoms with Gasteiger partial charge in [-0.2, -0.15) is 0 Å². The quantitative estimate of drug-likeness (QED) is 0.165. The van der Waals surface area contributed by atoms with E-state index >= 15 is 0 Å². The fourth-order valence-corrected chi connectivity index (χ4v) is 4.43. The minimum Gasteiger partial charge on any atom is -0.293 e. The van der Waals surface area contributed by atoms with Gasteiger partial charge in [-0.05, 0) is 44.5 Å². The molecule has 0 bridgehead atoms. The van der Waals surface area contributed by atoms with Crippen molar-refractivity contribution in [3.8, 4) is 0 Å². The summed E-state index contributed by atoms with van der Waals surface area (Å²) in [5.74, 6) is -6.88. The first kappa shape index (κ1) is 27.5. The van der Waals surface area contributed by atoms with Crippen LogP contribution in [0.3, 0.4) is 0 Å². The maximum atomic E-state index is 14.0. The van der Waals surface area contributed by atoms with E-state index in [9.17, 15) is 28.0 Å². The second-order valence-electron chi connectivity index (χ2n) is 9.55. The molecule has 2 atom stereocenters. The Kier molecular flexibility index (Phi) is 8.35. The van der Waals surface area contributed by atoms with Crippen LogP contribution >= 0.6 is 0 Å². The van der Waals surface area contributed by atoms with Gasteiger partial charge in [-0.1, -0.05) is 83.9 Å². The SMILES string of the molecule is Cc1ccc(C(=O)C(CC(C(=O)c2ccc(C)cc2)C(=O)c2cccc(F)c2)C(=O)c2cccc(F)c2)cc1. The summed E-state index contributed by atoms with van der Waals surface area (Å²) in [5, 5.41) is 0. The highest BCUT2D eigenvalue weighted by atomic mass is 19.1. The Morgan fingerprint density at radius 3 is 1.18 bits per heavy atom. The summed E-state index contributed by atoms with van der Waals surface area (Å²) >= 11 is 0. The van der Waals surface area contributed by atoms with Crippen LogP contribution in [0.1, 0.15) is 59.0 Å². The van der Waals surface area contributed by atoms with Crippen molar-refractivity contribution < 1.29 is 28.0 Å². The van der Waals surface area contributed by atoms with Crippen molar-refractivity contribution in [2.75, 3.05) is 0 Å². The Labute approximate surface area is 225 Å². The third-order valence-electron chi connectivity index (χ3n) is 6.63. The normalized spacial score (nSPS) is 12.4. The van der Waals surface area contributed by atoms with Crippen LogP contribution in [0.2, 0.25) is 0 Å². The number of halogens is 2. The largest absolute Gasteiger partial charge is 0.293 e. The van der Waals surface area contributed by atoms with Gasteiger partial charge in [0.2, 0.25) is 0 Å². The topological polar surface area (TPSA) is 68.3 Å². The molecular weight excluding hydrogens is 498 g/mol. The molecule has 6 heteroatoms. The predicted molar refractivity (Wildman–Crippen MR) is 144 cm³/mol. The van der Waals surface area contributed by atoms with Gasteiger partial charge >= 0.3 is 0 Å². The lowest BCUT2D eigenvalue weighted by Crippen LogP contribution is -2.33. The van der Waals surface area contributed by atoms with Crippen LogP contribution in [-0.4, -0.2) is 23.1 Å². The lowest BCUT2D eigenvalue weighted by Gasteiger charge is -2.21. The van der Waals surface area contributed by atoms with E-state index in [1.807, 2.05) is 13.8 Å². The number of Topliss-reactive ketones (excluding diaryl/α,β-unsaturated/α-hetero) is 4. The van der Waals surface area contributed by atoms with E-state index in [1.165, 1.54) is 36.4 Å². The zero-order valence-electron chi connectivity index (χ0n) is 21.5. The molecule has 4 nitrogen and oxygen atoms in total. The summed E-state index contributed by atoms with van der Waals surface area (Å²) in [6.45, 7) is 3.69. The molecule has 4 aromatic carbocycles. The Morgan fingerprint density at radius 2 is 0.846 bits per heavy atom. The maximum Gasteiger partial charge on any atom is 0.173 e. The van der Waals surface area contributed by atoms with Gasteiger partial charge in [0.15, 0.2) is 23.1 Å². The maximum absolute atomic E-state index is 14.0. The van der Waals surface area contributed by atoms with Crippen molar-refractivity contribution in [2.24, 2.45) is 11.8 Å². The molecular formula is C33H26F2O4. The van der Waals surface area contributed by atoms with E-state index in [-0.39, 0.29) is 22.3 Å². The molecule has 0 heterocycles. The highest BCUT2D eigenvalue weighted by molar-refractivity contribution is 6.19. The number of ketones is 4. The summed E-state index contributed by atoms with van der Waals surface area (Å²) < 4.78 is 28.0.